The minimum atomic E-state index is -0.408. The van der Waals surface area contributed by atoms with Gasteiger partial charge in [-0.05, 0) is 12.1 Å². The highest BCUT2D eigenvalue weighted by molar-refractivity contribution is 7.16. The van der Waals surface area contributed by atoms with E-state index in [-0.39, 0.29) is 12.1 Å². The van der Waals surface area contributed by atoms with Crippen molar-refractivity contribution in [2.24, 2.45) is 19.2 Å². The first-order chi connectivity index (χ1) is 12.5. The maximum absolute atomic E-state index is 12.4. The summed E-state index contributed by atoms with van der Waals surface area (Å²) in [6, 6.07) is 7.89. The van der Waals surface area contributed by atoms with Gasteiger partial charge in [0.05, 0.1) is 16.4 Å². The number of nitrogens with zero attached hydrogens (tertiary/aromatic N) is 6. The summed E-state index contributed by atoms with van der Waals surface area (Å²) in [5.74, 6) is -0.408. The van der Waals surface area contributed by atoms with Crippen LogP contribution in [0.5, 0.6) is 0 Å². The molecule has 0 saturated carbocycles. The predicted octanol–water partition coefficient (Wildman–Crippen LogP) is 0.315. The highest BCUT2D eigenvalue weighted by Crippen LogP contribution is 2.14. The smallest absolute Gasteiger partial charge is 0.264 e. The molecule has 0 atom stereocenters. The minimum Gasteiger partial charge on any atom is -0.318 e. The lowest BCUT2D eigenvalue weighted by Gasteiger charge is -2.04. The third-order valence-electron chi connectivity index (χ3n) is 4.02. The fourth-order valence-corrected chi connectivity index (χ4v) is 3.65. The molecule has 0 saturated heterocycles. The largest absolute Gasteiger partial charge is 0.318 e. The summed E-state index contributed by atoms with van der Waals surface area (Å²) in [7, 11) is 3.59. The van der Waals surface area contributed by atoms with Crippen LogP contribution in [-0.4, -0.2) is 29.8 Å². The number of aromatic nitrogens is 5. The van der Waals surface area contributed by atoms with Crippen molar-refractivity contribution in [3.8, 4) is 0 Å². The SMILES string of the molecule is Cn1ncc2c(=O)n(CC(=O)N/N=c3\sc4ccccc4n3C)cnc21. The normalized spacial score (nSPS) is 12.2. The van der Waals surface area contributed by atoms with E-state index in [0.29, 0.717) is 15.8 Å². The number of rotatable bonds is 3. The van der Waals surface area contributed by atoms with Gasteiger partial charge in [0.2, 0.25) is 4.80 Å². The second kappa shape index (κ2) is 6.23. The average Bonchev–Trinajstić information content (AvgIpc) is 3.17. The van der Waals surface area contributed by atoms with Gasteiger partial charge < -0.3 is 4.57 Å². The van der Waals surface area contributed by atoms with Gasteiger partial charge in [-0.25, -0.2) is 10.4 Å². The molecule has 1 amide bonds. The Morgan fingerprint density at radius 3 is 2.92 bits per heavy atom. The number of amides is 1. The lowest BCUT2D eigenvalue weighted by Crippen LogP contribution is -2.31. The molecule has 0 radical (unpaired) electrons. The molecule has 3 aromatic heterocycles. The third-order valence-corrected chi connectivity index (χ3v) is 5.14. The van der Waals surface area contributed by atoms with E-state index in [1.807, 2.05) is 35.9 Å². The van der Waals surface area contributed by atoms with Crippen LogP contribution in [0.3, 0.4) is 0 Å². The number of carbonyl (C=O) groups excluding carboxylic acids is 1. The summed E-state index contributed by atoms with van der Waals surface area (Å²) in [6.07, 6.45) is 2.78. The Hall–Kier alpha value is -3.27. The van der Waals surface area contributed by atoms with Gasteiger partial charge in [0.25, 0.3) is 11.5 Å². The van der Waals surface area contributed by atoms with Crippen molar-refractivity contribution in [3.05, 3.63) is 51.9 Å². The molecule has 4 rings (SSSR count). The molecule has 0 bridgehead atoms. The van der Waals surface area contributed by atoms with Gasteiger partial charge in [-0.1, -0.05) is 23.5 Å². The molecule has 0 fully saturated rings. The second-order valence-electron chi connectivity index (χ2n) is 5.74. The second-order valence-corrected chi connectivity index (χ2v) is 6.75. The zero-order valence-electron chi connectivity index (χ0n) is 14.1. The van der Waals surface area contributed by atoms with Crippen LogP contribution in [0.15, 0.2) is 46.7 Å². The van der Waals surface area contributed by atoms with E-state index in [4.69, 9.17) is 0 Å². The first-order valence-electron chi connectivity index (χ1n) is 7.79. The molecule has 0 spiro atoms. The first-order valence-corrected chi connectivity index (χ1v) is 8.60. The monoisotopic (exact) mass is 369 g/mol. The van der Waals surface area contributed by atoms with Crippen molar-refractivity contribution < 1.29 is 4.79 Å². The number of hydrogen-bond acceptors (Lipinski definition) is 6. The Kier molecular flexibility index (Phi) is 3.88. The van der Waals surface area contributed by atoms with E-state index in [0.717, 1.165) is 10.2 Å². The van der Waals surface area contributed by atoms with Gasteiger partial charge in [-0.2, -0.15) is 5.10 Å². The van der Waals surface area contributed by atoms with Crippen LogP contribution < -0.4 is 15.8 Å². The van der Waals surface area contributed by atoms with Gasteiger partial charge in [0.1, 0.15) is 18.3 Å². The van der Waals surface area contributed by atoms with Crippen molar-refractivity contribution >= 4 is 38.5 Å². The predicted molar refractivity (Wildman–Crippen MR) is 97.3 cm³/mol. The zero-order valence-corrected chi connectivity index (χ0v) is 14.9. The van der Waals surface area contributed by atoms with Crippen molar-refractivity contribution in [1.29, 1.82) is 0 Å². The Balaban J connectivity index is 1.58. The topological polar surface area (TPSA) is 99.1 Å². The van der Waals surface area contributed by atoms with Gasteiger partial charge in [-0.15, -0.1) is 5.10 Å². The molecule has 132 valence electrons. The van der Waals surface area contributed by atoms with Crippen molar-refractivity contribution in [1.82, 2.24) is 29.3 Å². The molecule has 4 aromatic rings. The molecule has 0 aliphatic rings. The van der Waals surface area contributed by atoms with Gasteiger partial charge >= 0.3 is 0 Å². The van der Waals surface area contributed by atoms with Crippen molar-refractivity contribution in [3.63, 3.8) is 0 Å². The van der Waals surface area contributed by atoms with E-state index >= 15 is 0 Å². The average molecular weight is 369 g/mol. The number of aryl methyl sites for hydroxylation is 2. The first kappa shape index (κ1) is 16.2. The van der Waals surface area contributed by atoms with Gasteiger partial charge in [0.15, 0.2) is 5.65 Å². The Labute approximate surface area is 150 Å². The van der Waals surface area contributed by atoms with Gasteiger partial charge in [-0.3, -0.25) is 18.8 Å². The molecule has 26 heavy (non-hydrogen) atoms. The fourth-order valence-electron chi connectivity index (χ4n) is 2.67. The molecular formula is C16H15N7O2S. The molecular weight excluding hydrogens is 354 g/mol. The quantitative estimate of drug-likeness (QED) is 0.526. The fraction of sp³-hybridized carbons (Fsp3) is 0.188. The zero-order chi connectivity index (χ0) is 18.3. The third kappa shape index (κ3) is 2.69. The van der Waals surface area contributed by atoms with Crippen LogP contribution in [0.4, 0.5) is 0 Å². The van der Waals surface area contributed by atoms with Crippen molar-refractivity contribution in [2.75, 3.05) is 0 Å². The van der Waals surface area contributed by atoms with Crippen LogP contribution in [0.2, 0.25) is 0 Å². The summed E-state index contributed by atoms with van der Waals surface area (Å²) < 4.78 is 5.72. The standard InChI is InChI=1S/C16H15N7O2S/c1-21-11-5-3-4-6-12(11)26-16(21)20-19-13(24)8-23-9-17-14-10(15(23)25)7-18-22(14)2/h3-7,9H,8H2,1-2H3,(H,19,24)/b20-16-. The minimum absolute atomic E-state index is 0.172. The number of nitrogens with one attached hydrogen (secondary N) is 1. The maximum atomic E-state index is 12.4. The molecule has 1 aromatic carbocycles. The molecule has 10 heteroatoms. The Morgan fingerprint density at radius 1 is 1.31 bits per heavy atom. The molecule has 3 heterocycles. The number of hydrogen-bond donors (Lipinski definition) is 1. The Bertz CT molecular complexity index is 1260. The van der Waals surface area contributed by atoms with E-state index < -0.39 is 5.91 Å². The van der Waals surface area contributed by atoms with Gasteiger partial charge in [0, 0.05) is 14.1 Å². The van der Waals surface area contributed by atoms with Crippen LogP contribution in [0, 0.1) is 0 Å². The van der Waals surface area contributed by atoms with E-state index in [2.05, 4.69) is 20.6 Å². The highest BCUT2D eigenvalue weighted by Gasteiger charge is 2.10. The molecule has 0 aliphatic heterocycles. The maximum Gasteiger partial charge on any atom is 0.264 e. The molecule has 1 N–H and O–H groups in total. The molecule has 9 nitrogen and oxygen atoms in total. The number of thiazole rings is 1. The number of fused-ring (bicyclic) bond motifs is 2. The summed E-state index contributed by atoms with van der Waals surface area (Å²) in [5, 5.41) is 8.54. The number of para-hydroxylation sites is 1. The lowest BCUT2D eigenvalue weighted by molar-refractivity contribution is -0.121. The van der Waals surface area contributed by atoms with Crippen LogP contribution in [-0.2, 0) is 25.4 Å². The highest BCUT2D eigenvalue weighted by atomic mass is 32.1. The summed E-state index contributed by atoms with van der Waals surface area (Å²) in [5.41, 5.74) is 3.70. The summed E-state index contributed by atoms with van der Waals surface area (Å²) >= 11 is 1.47. The van der Waals surface area contributed by atoms with Crippen LogP contribution in [0.25, 0.3) is 21.3 Å². The Morgan fingerprint density at radius 2 is 2.12 bits per heavy atom. The summed E-state index contributed by atoms with van der Waals surface area (Å²) in [4.78, 5) is 29.4. The molecule has 0 aliphatic carbocycles. The lowest BCUT2D eigenvalue weighted by atomic mass is 10.3. The number of benzene rings is 1. The number of carbonyl (C=O) groups is 1. The van der Waals surface area contributed by atoms with Crippen LogP contribution >= 0.6 is 11.3 Å². The van der Waals surface area contributed by atoms with E-state index in [1.54, 1.807) is 7.05 Å². The van der Waals surface area contributed by atoms with E-state index in [9.17, 15) is 9.59 Å². The van der Waals surface area contributed by atoms with Crippen LogP contribution in [0.1, 0.15) is 0 Å². The summed E-state index contributed by atoms with van der Waals surface area (Å²) in [6.45, 7) is -0.172. The van der Waals surface area contributed by atoms with Crippen molar-refractivity contribution in [2.45, 2.75) is 6.54 Å². The van der Waals surface area contributed by atoms with E-state index in [1.165, 1.54) is 33.1 Å². The molecule has 0 unspecified atom stereocenters.